The lowest BCUT2D eigenvalue weighted by Crippen LogP contribution is -2.40. The van der Waals surface area contributed by atoms with Crippen LogP contribution in [0.5, 0.6) is 0 Å². The molecular weight excluding hydrogens is 268 g/mol. The summed E-state index contributed by atoms with van der Waals surface area (Å²) in [6.07, 6.45) is 9.08. The van der Waals surface area contributed by atoms with Crippen molar-refractivity contribution >= 4 is 5.78 Å². The summed E-state index contributed by atoms with van der Waals surface area (Å²) in [5.74, 6) is 0.292. The minimum absolute atomic E-state index is 0.0973. The highest BCUT2D eigenvalue weighted by Gasteiger charge is 2.44. The second kappa shape index (κ2) is 7.32. The lowest BCUT2D eigenvalue weighted by molar-refractivity contribution is -0.127. The zero-order valence-corrected chi connectivity index (χ0v) is 16.9. The van der Waals surface area contributed by atoms with E-state index in [4.69, 9.17) is 0 Å². The Kier molecular flexibility index (Phi) is 7.12. The van der Waals surface area contributed by atoms with Crippen LogP contribution in [0.4, 0.5) is 0 Å². The van der Waals surface area contributed by atoms with Gasteiger partial charge in [0.15, 0.2) is 0 Å². The summed E-state index contributed by atoms with van der Waals surface area (Å²) in [5.41, 5.74) is 0.328. The molecule has 0 amide bonds. The average molecular weight is 309 g/mol. The largest absolute Gasteiger partial charge is 0.299 e. The highest BCUT2D eigenvalue weighted by atomic mass is 16.1. The first-order chi connectivity index (χ1) is 9.73. The quantitative estimate of drug-likeness (QED) is 0.450. The van der Waals surface area contributed by atoms with Crippen LogP contribution in [0.15, 0.2) is 12.2 Å². The Bertz CT molecular complexity index is 387. The molecule has 0 aromatic carbocycles. The number of allylic oxidation sites excluding steroid dienone is 2. The van der Waals surface area contributed by atoms with Gasteiger partial charge in [0, 0.05) is 5.41 Å². The lowest BCUT2D eigenvalue weighted by Gasteiger charge is -2.48. The molecule has 0 saturated heterocycles. The van der Waals surface area contributed by atoms with Gasteiger partial charge in [0.25, 0.3) is 0 Å². The Morgan fingerprint density at radius 3 is 1.68 bits per heavy atom. The van der Waals surface area contributed by atoms with Crippen molar-refractivity contribution in [1.82, 2.24) is 0 Å². The molecule has 1 heteroatoms. The molecule has 22 heavy (non-hydrogen) atoms. The third-order valence-electron chi connectivity index (χ3n) is 5.61. The number of hydrogen-bond donors (Lipinski definition) is 0. The molecule has 0 spiro atoms. The minimum atomic E-state index is -0.253. The summed E-state index contributed by atoms with van der Waals surface area (Å²) < 4.78 is 0. The zero-order valence-electron chi connectivity index (χ0n) is 16.9. The van der Waals surface area contributed by atoms with Gasteiger partial charge in [-0.05, 0) is 48.9 Å². The fourth-order valence-corrected chi connectivity index (χ4v) is 3.71. The van der Waals surface area contributed by atoms with Crippen molar-refractivity contribution in [2.75, 3.05) is 0 Å². The van der Waals surface area contributed by atoms with E-state index in [9.17, 15) is 4.79 Å². The SMILES string of the molecule is CCC(C=CCC(C)(C)C)(CC)C(C)(C)CC(C)(C)C(C)=O. The molecule has 130 valence electrons. The molecule has 0 aromatic rings. The number of rotatable bonds is 8. The van der Waals surface area contributed by atoms with Crippen LogP contribution in [0.1, 0.15) is 94.9 Å². The standard InChI is InChI=1S/C21H40O/c1-11-21(12-2,15-13-14-18(4,5)6)20(9,10)16-19(7,8)17(3)22/h13,15H,11-12,14,16H2,1-10H3. The third-order valence-corrected chi connectivity index (χ3v) is 5.61. The van der Waals surface area contributed by atoms with E-state index in [2.05, 4.69) is 74.5 Å². The molecule has 0 aromatic heterocycles. The predicted octanol–water partition coefficient (Wildman–Crippen LogP) is 6.82. The highest BCUT2D eigenvalue weighted by molar-refractivity contribution is 5.81. The van der Waals surface area contributed by atoms with Crippen LogP contribution < -0.4 is 0 Å². The molecule has 0 aliphatic heterocycles. The summed E-state index contributed by atoms with van der Waals surface area (Å²) in [4.78, 5) is 12.0. The van der Waals surface area contributed by atoms with Crippen LogP contribution in [0.2, 0.25) is 0 Å². The second-order valence-corrected chi connectivity index (χ2v) is 9.53. The molecular formula is C21H40O. The van der Waals surface area contributed by atoms with E-state index >= 15 is 0 Å². The number of ketones is 1. The van der Waals surface area contributed by atoms with E-state index < -0.39 is 0 Å². The molecule has 0 heterocycles. The van der Waals surface area contributed by atoms with Crippen molar-refractivity contribution in [1.29, 1.82) is 0 Å². The Balaban J connectivity index is 5.48. The Hall–Kier alpha value is -0.590. The Morgan fingerprint density at radius 1 is 0.909 bits per heavy atom. The van der Waals surface area contributed by atoms with Crippen LogP contribution >= 0.6 is 0 Å². The van der Waals surface area contributed by atoms with Crippen molar-refractivity contribution in [3.63, 3.8) is 0 Å². The van der Waals surface area contributed by atoms with Crippen LogP contribution in [-0.2, 0) is 4.79 Å². The maximum Gasteiger partial charge on any atom is 0.135 e. The molecule has 0 aliphatic rings. The van der Waals surface area contributed by atoms with Gasteiger partial charge in [-0.25, -0.2) is 0 Å². The van der Waals surface area contributed by atoms with Gasteiger partial charge in [-0.15, -0.1) is 0 Å². The van der Waals surface area contributed by atoms with E-state index in [1.807, 2.05) is 0 Å². The number of carbonyl (C=O) groups excluding carboxylic acids is 1. The summed E-state index contributed by atoms with van der Waals surface area (Å²) in [5, 5.41) is 0. The molecule has 0 rings (SSSR count). The molecule has 0 saturated carbocycles. The van der Waals surface area contributed by atoms with Gasteiger partial charge in [0.05, 0.1) is 0 Å². The summed E-state index contributed by atoms with van der Waals surface area (Å²) in [7, 11) is 0. The van der Waals surface area contributed by atoms with Crippen molar-refractivity contribution in [3.8, 4) is 0 Å². The van der Waals surface area contributed by atoms with Crippen LogP contribution in [0.3, 0.4) is 0 Å². The first-order valence-corrected chi connectivity index (χ1v) is 8.92. The van der Waals surface area contributed by atoms with Crippen LogP contribution in [-0.4, -0.2) is 5.78 Å². The summed E-state index contributed by atoms with van der Waals surface area (Å²) in [6, 6.07) is 0. The van der Waals surface area contributed by atoms with E-state index in [-0.39, 0.29) is 16.2 Å². The fourth-order valence-electron chi connectivity index (χ4n) is 3.71. The monoisotopic (exact) mass is 308 g/mol. The third kappa shape index (κ3) is 5.56. The maximum atomic E-state index is 12.0. The molecule has 0 bridgehead atoms. The zero-order chi connectivity index (χ0) is 17.8. The van der Waals surface area contributed by atoms with Crippen LogP contribution in [0.25, 0.3) is 0 Å². The molecule has 0 atom stereocenters. The normalized spacial score (nSPS) is 14.6. The van der Waals surface area contributed by atoms with E-state index in [1.165, 1.54) is 0 Å². The first kappa shape index (κ1) is 21.4. The molecule has 1 nitrogen and oxygen atoms in total. The van der Waals surface area contributed by atoms with E-state index in [0.29, 0.717) is 11.2 Å². The van der Waals surface area contributed by atoms with Crippen molar-refractivity contribution < 1.29 is 4.79 Å². The number of Topliss-reactive ketones (excluding diaryl/α,β-unsaturated/α-hetero) is 1. The lowest BCUT2D eigenvalue weighted by atomic mass is 9.56. The molecule has 0 N–H and O–H groups in total. The van der Waals surface area contributed by atoms with Gasteiger partial charge in [0.1, 0.15) is 5.78 Å². The van der Waals surface area contributed by atoms with Crippen molar-refractivity contribution in [2.45, 2.75) is 94.9 Å². The van der Waals surface area contributed by atoms with Crippen LogP contribution in [0, 0.1) is 21.7 Å². The average Bonchev–Trinajstić information content (AvgIpc) is 2.31. The molecule has 0 radical (unpaired) electrons. The van der Waals surface area contributed by atoms with E-state index in [0.717, 1.165) is 25.7 Å². The van der Waals surface area contributed by atoms with E-state index in [1.54, 1.807) is 6.92 Å². The summed E-state index contributed by atoms with van der Waals surface area (Å²) >= 11 is 0. The molecule has 0 aliphatic carbocycles. The van der Waals surface area contributed by atoms with Gasteiger partial charge in [-0.1, -0.05) is 74.5 Å². The maximum absolute atomic E-state index is 12.0. The van der Waals surface area contributed by atoms with Gasteiger partial charge < -0.3 is 0 Å². The predicted molar refractivity (Wildman–Crippen MR) is 99.1 cm³/mol. The van der Waals surface area contributed by atoms with Gasteiger partial charge in [-0.2, -0.15) is 0 Å². The number of hydrogen-bond acceptors (Lipinski definition) is 1. The molecule has 0 fully saturated rings. The van der Waals surface area contributed by atoms with Gasteiger partial charge in [-0.3, -0.25) is 4.79 Å². The van der Waals surface area contributed by atoms with Gasteiger partial charge >= 0.3 is 0 Å². The number of carbonyl (C=O) groups is 1. The smallest absolute Gasteiger partial charge is 0.135 e. The fraction of sp³-hybridized carbons (Fsp3) is 0.857. The topological polar surface area (TPSA) is 17.1 Å². The van der Waals surface area contributed by atoms with Crippen molar-refractivity contribution in [2.24, 2.45) is 21.7 Å². The highest BCUT2D eigenvalue weighted by Crippen LogP contribution is 2.52. The first-order valence-electron chi connectivity index (χ1n) is 8.92. The van der Waals surface area contributed by atoms with Crippen molar-refractivity contribution in [3.05, 3.63) is 12.2 Å². The minimum Gasteiger partial charge on any atom is -0.299 e. The van der Waals surface area contributed by atoms with Gasteiger partial charge in [0.2, 0.25) is 0 Å². The summed E-state index contributed by atoms with van der Waals surface area (Å²) in [6.45, 7) is 22.0. The Labute approximate surface area is 140 Å². The Morgan fingerprint density at radius 2 is 1.36 bits per heavy atom. The second-order valence-electron chi connectivity index (χ2n) is 9.53. The molecule has 0 unspecified atom stereocenters.